The Hall–Kier alpha value is -2.49. The monoisotopic (exact) mass is 395 g/mol. The Bertz CT molecular complexity index is 888. The third-order valence-electron chi connectivity index (χ3n) is 5.28. The summed E-state index contributed by atoms with van der Waals surface area (Å²) in [6.45, 7) is 14.4. The van der Waals surface area contributed by atoms with Crippen LogP contribution in [0.4, 0.5) is 5.69 Å². The van der Waals surface area contributed by atoms with Crippen LogP contribution >= 0.6 is 0 Å². The number of hydrogen-bond donors (Lipinski definition) is 1. The molecule has 0 fully saturated rings. The molecule has 4 nitrogen and oxygen atoms in total. The van der Waals surface area contributed by atoms with Crippen LogP contribution in [0.2, 0.25) is 0 Å². The molecule has 4 rings (SSSR count). The van der Waals surface area contributed by atoms with Crippen LogP contribution in [0.25, 0.3) is 0 Å². The lowest BCUT2D eigenvalue weighted by molar-refractivity contribution is -0.116. The zero-order valence-electron chi connectivity index (χ0n) is 18.5. The van der Waals surface area contributed by atoms with Gasteiger partial charge < -0.3 is 14.8 Å². The largest absolute Gasteiger partial charge is 0.486 e. The van der Waals surface area contributed by atoms with Gasteiger partial charge in [0.25, 0.3) is 0 Å². The average Bonchev–Trinajstić information content (AvgIpc) is 2.66. The Morgan fingerprint density at radius 2 is 1.34 bits per heavy atom. The summed E-state index contributed by atoms with van der Waals surface area (Å²) in [4.78, 5) is 11.3. The molecule has 0 saturated carbocycles. The molecular weight excluding hydrogens is 362 g/mol. The molecular formula is C25H33NO3. The van der Waals surface area contributed by atoms with Gasteiger partial charge in [0.2, 0.25) is 5.91 Å². The number of anilines is 1. The highest BCUT2D eigenvalue weighted by atomic mass is 16.6. The molecule has 0 saturated heterocycles. The van der Waals surface area contributed by atoms with Crippen molar-refractivity contribution in [3.8, 4) is 11.5 Å². The molecule has 2 aromatic carbocycles. The van der Waals surface area contributed by atoms with Crippen LogP contribution in [0.3, 0.4) is 0 Å². The molecule has 0 atom stereocenters. The molecule has 2 aromatic rings. The van der Waals surface area contributed by atoms with Gasteiger partial charge in [-0.3, -0.25) is 4.79 Å². The van der Waals surface area contributed by atoms with E-state index in [9.17, 15) is 4.79 Å². The van der Waals surface area contributed by atoms with Gasteiger partial charge in [0.1, 0.15) is 13.2 Å². The van der Waals surface area contributed by atoms with Gasteiger partial charge in [-0.1, -0.05) is 59.7 Å². The van der Waals surface area contributed by atoms with Gasteiger partial charge in [0, 0.05) is 12.1 Å². The van der Waals surface area contributed by atoms with E-state index in [1.807, 2.05) is 6.07 Å². The lowest BCUT2D eigenvalue weighted by Gasteiger charge is -2.23. The van der Waals surface area contributed by atoms with Crippen LogP contribution in [0.15, 0.2) is 36.4 Å². The maximum atomic E-state index is 11.3. The molecule has 0 aromatic heterocycles. The zero-order chi connectivity index (χ0) is 21.2. The Morgan fingerprint density at radius 3 is 2.00 bits per heavy atom. The van der Waals surface area contributed by atoms with E-state index in [0.717, 1.165) is 23.6 Å². The number of aryl methyl sites for hydroxylation is 1. The van der Waals surface area contributed by atoms with Gasteiger partial charge in [0.05, 0.1) is 0 Å². The van der Waals surface area contributed by atoms with Crippen molar-refractivity contribution in [1.29, 1.82) is 0 Å². The van der Waals surface area contributed by atoms with Crippen molar-refractivity contribution in [3.63, 3.8) is 0 Å². The predicted octanol–water partition coefficient (Wildman–Crippen LogP) is 5.62. The zero-order valence-corrected chi connectivity index (χ0v) is 18.5. The summed E-state index contributed by atoms with van der Waals surface area (Å²) in [6, 6.07) is 12.6. The quantitative estimate of drug-likeness (QED) is 0.629. The van der Waals surface area contributed by atoms with E-state index in [1.165, 1.54) is 16.7 Å². The van der Waals surface area contributed by atoms with Crippen LogP contribution in [-0.2, 0) is 22.0 Å². The molecule has 0 spiro atoms. The number of nitrogens with one attached hydrogen (secondary N) is 1. The highest BCUT2D eigenvalue weighted by Crippen LogP contribution is 2.34. The van der Waals surface area contributed by atoms with Gasteiger partial charge in [-0.2, -0.15) is 0 Å². The summed E-state index contributed by atoms with van der Waals surface area (Å²) in [5.41, 5.74) is 5.10. The van der Waals surface area contributed by atoms with Gasteiger partial charge in [-0.25, -0.2) is 0 Å². The summed E-state index contributed by atoms with van der Waals surface area (Å²) in [6.07, 6.45) is 1.48. The van der Waals surface area contributed by atoms with Crippen molar-refractivity contribution < 1.29 is 14.3 Å². The minimum atomic E-state index is 0.133. The first-order valence-corrected chi connectivity index (χ1v) is 10.4. The Balaban J connectivity index is 0.000000166. The molecule has 0 aliphatic carbocycles. The smallest absolute Gasteiger partial charge is 0.224 e. The Kier molecular flexibility index (Phi) is 5.92. The molecule has 2 heterocycles. The summed E-state index contributed by atoms with van der Waals surface area (Å²) in [5.74, 6) is 1.88. The van der Waals surface area contributed by atoms with E-state index in [2.05, 4.69) is 77.2 Å². The fourth-order valence-corrected chi connectivity index (χ4v) is 3.35. The maximum absolute atomic E-state index is 11.3. The van der Waals surface area contributed by atoms with Crippen molar-refractivity contribution in [2.45, 2.75) is 65.2 Å². The topological polar surface area (TPSA) is 47.6 Å². The van der Waals surface area contributed by atoms with E-state index < -0.39 is 0 Å². The molecule has 29 heavy (non-hydrogen) atoms. The second-order valence-electron chi connectivity index (χ2n) is 9.78. The molecule has 0 bridgehead atoms. The van der Waals surface area contributed by atoms with Crippen molar-refractivity contribution in [3.05, 3.63) is 53.1 Å². The molecule has 0 radical (unpaired) electrons. The van der Waals surface area contributed by atoms with Gasteiger partial charge in [-0.05, 0) is 52.1 Å². The number of ether oxygens (including phenoxy) is 2. The number of amides is 1. The molecule has 2 aliphatic heterocycles. The van der Waals surface area contributed by atoms with E-state index in [4.69, 9.17) is 9.47 Å². The van der Waals surface area contributed by atoms with Crippen LogP contribution in [0, 0.1) is 0 Å². The van der Waals surface area contributed by atoms with Crippen LogP contribution < -0.4 is 14.8 Å². The average molecular weight is 396 g/mol. The molecule has 1 N–H and O–H groups in total. The number of rotatable bonds is 0. The van der Waals surface area contributed by atoms with E-state index in [-0.39, 0.29) is 16.7 Å². The number of carbonyl (C=O) groups is 1. The highest BCUT2D eigenvalue weighted by molar-refractivity contribution is 5.94. The van der Waals surface area contributed by atoms with Crippen molar-refractivity contribution in [2.24, 2.45) is 0 Å². The standard InChI is InChI=1S/C13H17NO.C12H16O2/c1-13(2,3)10-6-4-9-5-7-12(15)14-11(9)8-10;1-12(2,3)9-4-5-10-11(8-9)14-7-6-13-10/h4,6,8H,5,7H2,1-3H3,(H,14,15);4-5,8H,6-7H2,1-3H3. The first-order chi connectivity index (χ1) is 13.5. The van der Waals surface area contributed by atoms with Crippen LogP contribution in [0.5, 0.6) is 11.5 Å². The van der Waals surface area contributed by atoms with Gasteiger partial charge in [0.15, 0.2) is 11.5 Å². The SMILES string of the molecule is CC(C)(C)c1ccc2c(c1)NC(=O)CC2.CC(C)(C)c1ccc2c(c1)OCCO2. The molecule has 2 aliphatic rings. The summed E-state index contributed by atoms with van der Waals surface area (Å²) >= 11 is 0. The number of benzene rings is 2. The van der Waals surface area contributed by atoms with E-state index in [1.54, 1.807) is 0 Å². The Morgan fingerprint density at radius 1 is 0.759 bits per heavy atom. The lowest BCUT2D eigenvalue weighted by Crippen LogP contribution is -2.20. The van der Waals surface area contributed by atoms with Crippen molar-refractivity contribution >= 4 is 11.6 Å². The van der Waals surface area contributed by atoms with E-state index >= 15 is 0 Å². The van der Waals surface area contributed by atoms with Crippen molar-refractivity contribution in [2.75, 3.05) is 18.5 Å². The maximum Gasteiger partial charge on any atom is 0.224 e. The highest BCUT2D eigenvalue weighted by Gasteiger charge is 2.20. The number of hydrogen-bond acceptors (Lipinski definition) is 3. The minimum Gasteiger partial charge on any atom is -0.486 e. The normalized spacial score (nSPS) is 15.6. The summed E-state index contributed by atoms with van der Waals surface area (Å²) < 4.78 is 11.0. The van der Waals surface area contributed by atoms with Gasteiger partial charge >= 0.3 is 0 Å². The van der Waals surface area contributed by atoms with Crippen LogP contribution in [0.1, 0.15) is 64.7 Å². The molecule has 156 valence electrons. The minimum absolute atomic E-state index is 0.133. The van der Waals surface area contributed by atoms with E-state index in [0.29, 0.717) is 19.6 Å². The Labute approximate surface area is 174 Å². The number of fused-ring (bicyclic) bond motifs is 2. The predicted molar refractivity (Wildman–Crippen MR) is 118 cm³/mol. The molecule has 0 unspecified atom stereocenters. The lowest BCUT2D eigenvalue weighted by atomic mass is 9.85. The third-order valence-corrected chi connectivity index (χ3v) is 5.28. The first kappa shape index (κ1) is 21.2. The second-order valence-corrected chi connectivity index (χ2v) is 9.78. The second kappa shape index (κ2) is 8.10. The fourth-order valence-electron chi connectivity index (χ4n) is 3.35. The first-order valence-electron chi connectivity index (χ1n) is 10.4. The summed E-state index contributed by atoms with van der Waals surface area (Å²) in [5, 5.41) is 2.93. The van der Waals surface area contributed by atoms with Gasteiger partial charge in [-0.15, -0.1) is 0 Å². The number of carbonyl (C=O) groups excluding carboxylic acids is 1. The van der Waals surface area contributed by atoms with Crippen LogP contribution in [-0.4, -0.2) is 19.1 Å². The molecule has 1 amide bonds. The summed E-state index contributed by atoms with van der Waals surface area (Å²) in [7, 11) is 0. The van der Waals surface area contributed by atoms with Crippen molar-refractivity contribution in [1.82, 2.24) is 0 Å². The fraction of sp³-hybridized carbons (Fsp3) is 0.480. The molecule has 4 heteroatoms. The third kappa shape index (κ3) is 5.31.